The van der Waals surface area contributed by atoms with Gasteiger partial charge in [0.05, 0.1) is 17.3 Å². The molecule has 1 amide bonds. The standard InChI is InChI=1S/C12H13N3O/c1-7-2-3-9-10(4-7)14-11-6-13-5-8(11)12(16)15-9/h2-4,8,13H,5-6H2,1H3,(H,15,16). The van der Waals surface area contributed by atoms with E-state index >= 15 is 0 Å². The van der Waals surface area contributed by atoms with Crippen molar-refractivity contribution in [2.75, 3.05) is 18.4 Å². The van der Waals surface area contributed by atoms with Crippen LogP contribution in [-0.4, -0.2) is 24.7 Å². The molecule has 1 aromatic carbocycles. The molecule has 2 aliphatic rings. The number of hydrogen-bond donors (Lipinski definition) is 2. The molecule has 2 aliphatic heterocycles. The van der Waals surface area contributed by atoms with Crippen LogP contribution in [0, 0.1) is 12.8 Å². The number of hydrogen-bond acceptors (Lipinski definition) is 3. The predicted octanol–water partition coefficient (Wildman–Crippen LogP) is 1.24. The SMILES string of the molecule is Cc1ccc2c(c1)N=C1CNCC1C(=O)N2. The number of nitrogens with one attached hydrogen (secondary N) is 2. The third-order valence-electron chi connectivity index (χ3n) is 3.05. The van der Waals surface area contributed by atoms with Crippen molar-refractivity contribution >= 4 is 23.0 Å². The number of rotatable bonds is 0. The Morgan fingerprint density at radius 1 is 1.44 bits per heavy atom. The lowest BCUT2D eigenvalue weighted by Gasteiger charge is -2.07. The first kappa shape index (κ1) is 9.54. The van der Waals surface area contributed by atoms with Crippen molar-refractivity contribution in [2.45, 2.75) is 6.92 Å². The highest BCUT2D eigenvalue weighted by molar-refractivity contribution is 6.14. The molecule has 1 aromatic rings. The van der Waals surface area contributed by atoms with Crippen LogP contribution < -0.4 is 10.6 Å². The smallest absolute Gasteiger partial charge is 0.234 e. The Balaban J connectivity index is 2.14. The summed E-state index contributed by atoms with van der Waals surface area (Å²) in [4.78, 5) is 16.5. The first-order chi connectivity index (χ1) is 7.74. The molecule has 0 radical (unpaired) electrons. The molecule has 1 unspecified atom stereocenters. The summed E-state index contributed by atoms with van der Waals surface area (Å²) in [6.45, 7) is 3.43. The number of fused-ring (bicyclic) bond motifs is 2. The second-order valence-corrected chi connectivity index (χ2v) is 4.30. The minimum absolute atomic E-state index is 0.0475. The summed E-state index contributed by atoms with van der Waals surface area (Å²) in [6.07, 6.45) is 0. The van der Waals surface area contributed by atoms with Crippen molar-refractivity contribution in [3.05, 3.63) is 23.8 Å². The molecule has 0 bridgehead atoms. The lowest BCUT2D eigenvalue weighted by Crippen LogP contribution is -2.27. The largest absolute Gasteiger partial charge is 0.324 e. The van der Waals surface area contributed by atoms with Gasteiger partial charge in [0, 0.05) is 18.8 Å². The van der Waals surface area contributed by atoms with E-state index in [0.29, 0.717) is 13.1 Å². The molecule has 1 atom stereocenters. The molecule has 0 aliphatic carbocycles. The minimum Gasteiger partial charge on any atom is -0.324 e. The van der Waals surface area contributed by atoms with Gasteiger partial charge in [-0.1, -0.05) is 6.07 Å². The molecular formula is C12H13N3O. The van der Waals surface area contributed by atoms with Crippen LogP contribution in [0.15, 0.2) is 23.2 Å². The Bertz CT molecular complexity index is 493. The third kappa shape index (κ3) is 1.42. The maximum absolute atomic E-state index is 11.9. The quantitative estimate of drug-likeness (QED) is 0.684. The molecule has 2 N–H and O–H groups in total. The van der Waals surface area contributed by atoms with Gasteiger partial charge in [-0.05, 0) is 24.6 Å². The van der Waals surface area contributed by atoms with E-state index in [1.54, 1.807) is 0 Å². The second kappa shape index (κ2) is 3.42. The number of anilines is 1. The number of benzene rings is 1. The zero-order chi connectivity index (χ0) is 11.1. The van der Waals surface area contributed by atoms with Gasteiger partial charge in [0.25, 0.3) is 0 Å². The molecule has 0 spiro atoms. The molecule has 4 heteroatoms. The molecular weight excluding hydrogens is 202 g/mol. The number of aliphatic imine (C=N–C) groups is 1. The van der Waals surface area contributed by atoms with Gasteiger partial charge in [-0.3, -0.25) is 9.79 Å². The Morgan fingerprint density at radius 3 is 3.19 bits per heavy atom. The maximum atomic E-state index is 11.9. The van der Waals surface area contributed by atoms with Gasteiger partial charge in [-0.15, -0.1) is 0 Å². The van der Waals surface area contributed by atoms with E-state index in [9.17, 15) is 4.79 Å². The first-order valence-electron chi connectivity index (χ1n) is 5.44. The van der Waals surface area contributed by atoms with E-state index in [-0.39, 0.29) is 11.8 Å². The van der Waals surface area contributed by atoms with Gasteiger partial charge in [-0.25, -0.2) is 0 Å². The lowest BCUT2D eigenvalue weighted by atomic mass is 10.1. The van der Waals surface area contributed by atoms with Gasteiger partial charge in [0.15, 0.2) is 0 Å². The molecule has 3 rings (SSSR count). The van der Waals surface area contributed by atoms with Gasteiger partial charge < -0.3 is 10.6 Å². The first-order valence-corrected chi connectivity index (χ1v) is 5.44. The van der Waals surface area contributed by atoms with Crippen LogP contribution in [-0.2, 0) is 4.79 Å². The van der Waals surface area contributed by atoms with Crippen LogP contribution in [0.25, 0.3) is 0 Å². The third-order valence-corrected chi connectivity index (χ3v) is 3.05. The Kier molecular flexibility index (Phi) is 2.04. The van der Waals surface area contributed by atoms with Crippen LogP contribution in [0.4, 0.5) is 11.4 Å². The summed E-state index contributed by atoms with van der Waals surface area (Å²) < 4.78 is 0. The minimum atomic E-state index is -0.104. The summed E-state index contributed by atoms with van der Waals surface area (Å²) in [5, 5.41) is 6.10. The summed E-state index contributed by atoms with van der Waals surface area (Å²) in [7, 11) is 0. The van der Waals surface area contributed by atoms with Gasteiger partial charge >= 0.3 is 0 Å². The van der Waals surface area contributed by atoms with Crippen molar-refractivity contribution in [2.24, 2.45) is 10.9 Å². The van der Waals surface area contributed by atoms with Crippen LogP contribution >= 0.6 is 0 Å². The average molecular weight is 215 g/mol. The number of nitrogens with zero attached hydrogens (tertiary/aromatic N) is 1. The topological polar surface area (TPSA) is 53.5 Å². The molecule has 2 heterocycles. The van der Waals surface area contributed by atoms with Crippen molar-refractivity contribution in [1.29, 1.82) is 0 Å². The van der Waals surface area contributed by atoms with Gasteiger partial charge in [0.1, 0.15) is 0 Å². The normalized spacial score (nSPS) is 22.9. The monoisotopic (exact) mass is 215 g/mol. The highest BCUT2D eigenvalue weighted by Crippen LogP contribution is 2.30. The van der Waals surface area contributed by atoms with E-state index in [1.165, 1.54) is 0 Å². The van der Waals surface area contributed by atoms with E-state index in [1.807, 2.05) is 25.1 Å². The Labute approximate surface area is 93.8 Å². The van der Waals surface area contributed by atoms with Gasteiger partial charge in [0.2, 0.25) is 5.91 Å². The highest BCUT2D eigenvalue weighted by atomic mass is 16.2. The number of aryl methyl sites for hydroxylation is 1. The van der Waals surface area contributed by atoms with Crippen molar-refractivity contribution < 1.29 is 4.79 Å². The summed E-state index contributed by atoms with van der Waals surface area (Å²) in [6, 6.07) is 5.91. The summed E-state index contributed by atoms with van der Waals surface area (Å²) in [5.41, 5.74) is 3.79. The molecule has 82 valence electrons. The Hall–Kier alpha value is -1.68. The van der Waals surface area contributed by atoms with E-state index in [4.69, 9.17) is 0 Å². The van der Waals surface area contributed by atoms with Crippen molar-refractivity contribution in [1.82, 2.24) is 5.32 Å². The summed E-state index contributed by atoms with van der Waals surface area (Å²) >= 11 is 0. The molecule has 16 heavy (non-hydrogen) atoms. The Morgan fingerprint density at radius 2 is 2.31 bits per heavy atom. The number of amides is 1. The van der Waals surface area contributed by atoms with Crippen LogP contribution in [0.3, 0.4) is 0 Å². The molecule has 1 saturated heterocycles. The van der Waals surface area contributed by atoms with Crippen molar-refractivity contribution in [3.8, 4) is 0 Å². The van der Waals surface area contributed by atoms with Gasteiger partial charge in [-0.2, -0.15) is 0 Å². The van der Waals surface area contributed by atoms with Crippen molar-refractivity contribution in [3.63, 3.8) is 0 Å². The average Bonchev–Trinajstić information content (AvgIpc) is 2.65. The van der Waals surface area contributed by atoms with E-state index in [2.05, 4.69) is 15.6 Å². The fourth-order valence-electron chi connectivity index (χ4n) is 2.16. The van der Waals surface area contributed by atoms with E-state index < -0.39 is 0 Å². The highest BCUT2D eigenvalue weighted by Gasteiger charge is 2.31. The number of carbonyl (C=O) groups excluding carboxylic acids is 1. The molecule has 0 saturated carbocycles. The van der Waals surface area contributed by atoms with E-state index in [0.717, 1.165) is 22.6 Å². The molecule has 0 aromatic heterocycles. The van der Waals surface area contributed by atoms with Crippen LogP contribution in [0.5, 0.6) is 0 Å². The lowest BCUT2D eigenvalue weighted by molar-refractivity contribution is -0.117. The zero-order valence-electron chi connectivity index (χ0n) is 9.08. The fraction of sp³-hybridized carbons (Fsp3) is 0.333. The number of carbonyl (C=O) groups is 1. The molecule has 1 fully saturated rings. The zero-order valence-corrected chi connectivity index (χ0v) is 9.08. The maximum Gasteiger partial charge on any atom is 0.234 e. The predicted molar refractivity (Wildman–Crippen MR) is 63.3 cm³/mol. The molecule has 4 nitrogen and oxygen atoms in total. The second-order valence-electron chi connectivity index (χ2n) is 4.30. The van der Waals surface area contributed by atoms with Crippen LogP contribution in [0.1, 0.15) is 5.56 Å². The fourth-order valence-corrected chi connectivity index (χ4v) is 2.16. The van der Waals surface area contributed by atoms with Crippen LogP contribution in [0.2, 0.25) is 0 Å². The summed E-state index contributed by atoms with van der Waals surface area (Å²) in [5.74, 6) is -0.0564.